The van der Waals surface area contributed by atoms with Gasteiger partial charge >= 0.3 is 11.9 Å². The number of amides is 2. The van der Waals surface area contributed by atoms with Gasteiger partial charge in [-0.05, 0) is 37.5 Å². The van der Waals surface area contributed by atoms with Crippen molar-refractivity contribution in [1.29, 1.82) is 0 Å². The van der Waals surface area contributed by atoms with Gasteiger partial charge in [-0.1, -0.05) is 48.5 Å². The predicted octanol–water partition coefficient (Wildman–Crippen LogP) is 3.03. The van der Waals surface area contributed by atoms with Gasteiger partial charge in [0.25, 0.3) is 0 Å². The fraction of sp³-hybridized carbons (Fsp3) is 0.759. The molecule has 0 rings (SSSR count). The third kappa shape index (κ3) is 13.3. The van der Waals surface area contributed by atoms with Crippen molar-refractivity contribution in [3.05, 3.63) is 0 Å². The maximum Gasteiger partial charge on any atom is 0.303 e. The zero-order chi connectivity index (χ0) is 31.3. The van der Waals surface area contributed by atoms with Crippen LogP contribution in [0, 0.1) is 35.5 Å². The minimum atomic E-state index is -1.17. The Morgan fingerprint density at radius 1 is 0.625 bits per heavy atom. The number of carbonyl (C=O) groups is 7. The van der Waals surface area contributed by atoms with Crippen molar-refractivity contribution in [3.8, 4) is 0 Å². The summed E-state index contributed by atoms with van der Waals surface area (Å²) >= 11 is 0. The third-order valence-electron chi connectivity index (χ3n) is 7.36. The molecule has 0 aliphatic carbocycles. The van der Waals surface area contributed by atoms with E-state index in [4.69, 9.17) is 10.2 Å². The molecular weight excluding hydrogens is 520 g/mol. The Bertz CT molecular complexity index is 926. The average Bonchev–Trinajstić information content (AvgIpc) is 2.83. The molecule has 0 bridgehead atoms. The molecule has 11 nitrogen and oxygen atoms in total. The first-order chi connectivity index (χ1) is 18.4. The van der Waals surface area contributed by atoms with Crippen LogP contribution in [0.15, 0.2) is 0 Å². The van der Waals surface area contributed by atoms with Gasteiger partial charge in [-0.3, -0.25) is 33.6 Å². The van der Waals surface area contributed by atoms with Crippen molar-refractivity contribution < 1.29 is 43.8 Å². The molecule has 0 aromatic rings. The average molecular weight is 569 g/mol. The highest BCUT2D eigenvalue weighted by Crippen LogP contribution is 2.23. The van der Waals surface area contributed by atoms with Crippen LogP contribution in [0.4, 0.5) is 0 Å². The quantitative estimate of drug-likeness (QED) is 0.171. The van der Waals surface area contributed by atoms with E-state index in [1.807, 2.05) is 34.6 Å². The molecule has 0 heterocycles. The van der Waals surface area contributed by atoms with Crippen LogP contribution in [0.2, 0.25) is 0 Å². The van der Waals surface area contributed by atoms with E-state index < -0.39 is 65.7 Å². The van der Waals surface area contributed by atoms with Crippen LogP contribution in [0.3, 0.4) is 0 Å². The lowest BCUT2D eigenvalue weighted by molar-refractivity contribution is -0.140. The lowest BCUT2D eigenvalue weighted by Crippen LogP contribution is -2.49. The smallest absolute Gasteiger partial charge is 0.303 e. The minimum absolute atomic E-state index is 0.0360. The summed E-state index contributed by atoms with van der Waals surface area (Å²) in [6.07, 6.45) is -1.46. The monoisotopic (exact) mass is 568 g/mol. The molecule has 0 aliphatic rings. The first-order valence-electron chi connectivity index (χ1n) is 14.0. The summed E-state index contributed by atoms with van der Waals surface area (Å²) in [6, 6.07) is -2.08. The molecule has 4 N–H and O–H groups in total. The Hall–Kier alpha value is -3.11. The molecule has 0 spiro atoms. The van der Waals surface area contributed by atoms with Crippen molar-refractivity contribution in [2.45, 2.75) is 106 Å². The van der Waals surface area contributed by atoms with E-state index in [2.05, 4.69) is 10.6 Å². The fourth-order valence-electron chi connectivity index (χ4n) is 4.21. The molecule has 5 atom stereocenters. The first-order valence-corrected chi connectivity index (χ1v) is 14.0. The van der Waals surface area contributed by atoms with Crippen LogP contribution in [0.1, 0.15) is 93.9 Å². The summed E-state index contributed by atoms with van der Waals surface area (Å²) in [4.78, 5) is 86.5. The maximum atomic E-state index is 13.4. The van der Waals surface area contributed by atoms with E-state index in [1.54, 1.807) is 13.8 Å². The number of rotatable bonds is 20. The van der Waals surface area contributed by atoms with Crippen molar-refractivity contribution in [2.24, 2.45) is 35.5 Å². The molecule has 2 unspecified atom stereocenters. The van der Waals surface area contributed by atoms with Gasteiger partial charge in [-0.25, -0.2) is 0 Å². The van der Waals surface area contributed by atoms with E-state index in [0.29, 0.717) is 0 Å². The van der Waals surface area contributed by atoms with Crippen molar-refractivity contribution >= 4 is 41.1 Å². The number of carbonyl (C=O) groups excluding carboxylic acids is 5. The highest BCUT2D eigenvalue weighted by atomic mass is 16.4. The fourth-order valence-corrected chi connectivity index (χ4v) is 4.21. The number of aliphatic carboxylic acids is 2. The summed E-state index contributed by atoms with van der Waals surface area (Å²) in [5, 5.41) is 23.3. The summed E-state index contributed by atoms with van der Waals surface area (Å²) in [5.41, 5.74) is 0. The molecule has 0 aromatic heterocycles. The largest absolute Gasteiger partial charge is 0.481 e. The number of carboxylic acid groups (broad SMARTS) is 2. The van der Waals surface area contributed by atoms with Crippen LogP contribution >= 0.6 is 0 Å². The molecule has 0 aromatic carbocycles. The second kappa shape index (κ2) is 17.6. The SMILES string of the molecule is CC(=O)[C@H](CCC(=O)O)NC(=O)[C@H](CCC(=O)O)CC(=O)C(NC(=O)[C@@H](CC(=O)C(C)C(C)C)C(C)C)C(C)C. The van der Waals surface area contributed by atoms with Gasteiger partial charge in [-0.15, -0.1) is 0 Å². The zero-order valence-corrected chi connectivity index (χ0v) is 25.1. The van der Waals surface area contributed by atoms with Gasteiger partial charge < -0.3 is 20.8 Å². The van der Waals surface area contributed by atoms with Gasteiger partial charge in [0.15, 0.2) is 11.6 Å². The van der Waals surface area contributed by atoms with E-state index >= 15 is 0 Å². The minimum Gasteiger partial charge on any atom is -0.481 e. The number of hydrogen-bond acceptors (Lipinski definition) is 7. The maximum absolute atomic E-state index is 13.4. The third-order valence-corrected chi connectivity index (χ3v) is 7.36. The summed E-state index contributed by atoms with van der Waals surface area (Å²) in [7, 11) is 0. The second-order valence-corrected chi connectivity index (χ2v) is 11.7. The molecule has 0 fully saturated rings. The number of Topliss-reactive ketones (excluding diaryl/α,β-unsaturated/α-hetero) is 3. The first kappa shape index (κ1) is 36.9. The van der Waals surface area contributed by atoms with Crippen LogP contribution in [0.5, 0.6) is 0 Å². The van der Waals surface area contributed by atoms with Crippen LogP contribution in [-0.2, 0) is 33.6 Å². The highest BCUT2D eigenvalue weighted by Gasteiger charge is 2.34. The molecule has 0 saturated heterocycles. The Morgan fingerprint density at radius 3 is 1.57 bits per heavy atom. The van der Waals surface area contributed by atoms with Crippen molar-refractivity contribution in [2.75, 3.05) is 0 Å². The van der Waals surface area contributed by atoms with Gasteiger partial charge in [0.2, 0.25) is 11.8 Å². The molecule has 40 heavy (non-hydrogen) atoms. The molecule has 0 aliphatic heterocycles. The second-order valence-electron chi connectivity index (χ2n) is 11.7. The Kier molecular flexibility index (Phi) is 16.2. The molecule has 0 radical (unpaired) electrons. The number of carboxylic acids is 2. The summed E-state index contributed by atoms with van der Waals surface area (Å²) in [6.45, 7) is 14.0. The Morgan fingerprint density at radius 2 is 1.15 bits per heavy atom. The van der Waals surface area contributed by atoms with Crippen molar-refractivity contribution in [3.63, 3.8) is 0 Å². The highest BCUT2D eigenvalue weighted by molar-refractivity contribution is 5.95. The van der Waals surface area contributed by atoms with Gasteiger partial charge in [0.05, 0.1) is 12.1 Å². The van der Waals surface area contributed by atoms with E-state index in [9.17, 15) is 33.6 Å². The Labute approximate surface area is 237 Å². The molecule has 228 valence electrons. The van der Waals surface area contributed by atoms with E-state index in [0.717, 1.165) is 0 Å². The molecule has 0 saturated carbocycles. The molecular formula is C29H48N2O9. The summed E-state index contributed by atoms with van der Waals surface area (Å²) < 4.78 is 0. The number of ketones is 3. The van der Waals surface area contributed by atoms with Crippen molar-refractivity contribution in [1.82, 2.24) is 10.6 Å². The number of hydrogen-bond donors (Lipinski definition) is 4. The zero-order valence-electron chi connectivity index (χ0n) is 25.1. The summed E-state index contributed by atoms with van der Waals surface area (Å²) in [5.74, 6) is -6.88. The van der Waals surface area contributed by atoms with Crippen LogP contribution in [-0.4, -0.2) is 63.4 Å². The Balaban J connectivity index is 5.79. The topological polar surface area (TPSA) is 184 Å². The lowest BCUT2D eigenvalue weighted by atomic mass is 9.83. The molecule has 11 heteroatoms. The standard InChI is InChI=1S/C29H48N2O9/c1-15(2)18(7)23(33)14-21(16(3)4)29(40)31-27(17(5)6)24(34)13-20(9-11-25(35)36)28(39)30-22(19(8)32)10-12-26(37)38/h15-18,20-22,27H,9-14H2,1-8H3,(H,30,39)(H,31,40)(H,35,36)(H,37,38)/t18?,20-,21+,22+,27?/m1/s1. The predicted molar refractivity (Wildman–Crippen MR) is 148 cm³/mol. The van der Waals surface area contributed by atoms with Crippen LogP contribution in [0.25, 0.3) is 0 Å². The molecule has 2 amide bonds. The van der Waals surface area contributed by atoms with Crippen LogP contribution < -0.4 is 10.6 Å². The lowest BCUT2D eigenvalue weighted by Gasteiger charge is -2.28. The number of nitrogens with one attached hydrogen (secondary N) is 2. The van der Waals surface area contributed by atoms with Gasteiger partial charge in [-0.2, -0.15) is 0 Å². The van der Waals surface area contributed by atoms with E-state index in [-0.39, 0.29) is 61.6 Å². The van der Waals surface area contributed by atoms with E-state index in [1.165, 1.54) is 6.92 Å². The van der Waals surface area contributed by atoms with Gasteiger partial charge in [0.1, 0.15) is 5.78 Å². The normalized spacial score (nSPS) is 15.2. The van der Waals surface area contributed by atoms with Gasteiger partial charge in [0, 0.05) is 43.4 Å².